The Hall–Kier alpha value is -3.12. The van der Waals surface area contributed by atoms with Gasteiger partial charge in [0.1, 0.15) is 11.5 Å². The highest BCUT2D eigenvalue weighted by Gasteiger charge is 2.20. The zero-order valence-corrected chi connectivity index (χ0v) is 18.0. The number of likely N-dealkylation sites (N-methyl/N-ethyl adjacent to an activating group) is 1. The van der Waals surface area contributed by atoms with Crippen LogP contribution in [0.4, 0.5) is 0 Å². The minimum absolute atomic E-state index is 0.175. The molecule has 0 saturated heterocycles. The Kier molecular flexibility index (Phi) is 6.90. The van der Waals surface area contributed by atoms with E-state index < -0.39 is 0 Å². The summed E-state index contributed by atoms with van der Waals surface area (Å²) in [4.78, 5) is 28.3. The number of methoxy groups -OCH3 is 1. The fourth-order valence-corrected chi connectivity index (χ4v) is 3.48. The van der Waals surface area contributed by atoms with E-state index in [4.69, 9.17) is 9.15 Å². The summed E-state index contributed by atoms with van der Waals surface area (Å²) in [7, 11) is 1.51. The first-order chi connectivity index (χ1) is 14.5. The number of carbonyl (C=O) groups is 1. The molecule has 6 nitrogen and oxygen atoms in total. The number of nitrogens with zero attached hydrogens (tertiary/aromatic N) is 1. The summed E-state index contributed by atoms with van der Waals surface area (Å²) in [6.07, 6.45) is 0. The summed E-state index contributed by atoms with van der Waals surface area (Å²) in [6, 6.07) is 12.7. The molecule has 0 radical (unpaired) electrons. The van der Waals surface area contributed by atoms with Gasteiger partial charge < -0.3 is 19.4 Å². The second-order valence-electron chi connectivity index (χ2n) is 7.09. The molecule has 3 aromatic rings. The summed E-state index contributed by atoms with van der Waals surface area (Å²) in [5, 5.41) is 3.27. The van der Waals surface area contributed by atoms with Crippen LogP contribution in [0.25, 0.3) is 22.3 Å². The highest BCUT2D eigenvalue weighted by molar-refractivity contribution is 6.05. The third-order valence-corrected chi connectivity index (χ3v) is 5.32. The number of nitrogens with one attached hydrogen (secondary N) is 1. The lowest BCUT2D eigenvalue weighted by molar-refractivity contribution is 0.0949. The number of hydrogen-bond acceptors (Lipinski definition) is 5. The van der Waals surface area contributed by atoms with Crippen LogP contribution in [0.3, 0.4) is 0 Å². The third-order valence-electron chi connectivity index (χ3n) is 5.32. The highest BCUT2D eigenvalue weighted by atomic mass is 16.5. The normalized spacial score (nSPS) is 11.1. The van der Waals surface area contributed by atoms with E-state index in [-0.39, 0.29) is 22.5 Å². The molecule has 1 N–H and O–H groups in total. The molecule has 0 unspecified atom stereocenters. The molecule has 0 atom stereocenters. The van der Waals surface area contributed by atoms with Crippen molar-refractivity contribution >= 4 is 16.9 Å². The van der Waals surface area contributed by atoms with Gasteiger partial charge in [0.15, 0.2) is 11.0 Å². The van der Waals surface area contributed by atoms with Crippen molar-refractivity contribution in [3.8, 4) is 17.1 Å². The van der Waals surface area contributed by atoms with Crippen LogP contribution in [-0.2, 0) is 0 Å². The molecule has 0 aliphatic rings. The molecular weight excluding hydrogens is 380 g/mol. The summed E-state index contributed by atoms with van der Waals surface area (Å²) in [5.41, 5.74) is 1.67. The van der Waals surface area contributed by atoms with E-state index >= 15 is 0 Å². The molecule has 3 rings (SSSR count). The van der Waals surface area contributed by atoms with Crippen molar-refractivity contribution in [3.05, 3.63) is 63.8 Å². The van der Waals surface area contributed by atoms with Gasteiger partial charge in [0.05, 0.1) is 18.1 Å². The quantitative estimate of drug-likeness (QED) is 0.613. The van der Waals surface area contributed by atoms with Crippen LogP contribution in [0, 0.1) is 6.92 Å². The van der Waals surface area contributed by atoms with E-state index in [9.17, 15) is 9.59 Å². The van der Waals surface area contributed by atoms with Gasteiger partial charge in [0.25, 0.3) is 5.91 Å². The lowest BCUT2D eigenvalue weighted by Crippen LogP contribution is -2.35. The molecule has 6 heteroatoms. The van der Waals surface area contributed by atoms with Crippen molar-refractivity contribution in [3.63, 3.8) is 0 Å². The SMILES string of the molecule is CCN(CC)CCNC(=O)c1cc(OC)cc2c(=O)c(C)c(-c3ccccc3)oc12. The van der Waals surface area contributed by atoms with Crippen LogP contribution in [-0.4, -0.2) is 44.1 Å². The maximum absolute atomic E-state index is 13.1. The van der Waals surface area contributed by atoms with Crippen molar-refractivity contribution in [2.45, 2.75) is 20.8 Å². The Morgan fingerprint density at radius 3 is 2.47 bits per heavy atom. The maximum atomic E-state index is 13.1. The molecule has 0 saturated carbocycles. The first-order valence-corrected chi connectivity index (χ1v) is 10.2. The van der Waals surface area contributed by atoms with Gasteiger partial charge in [0, 0.05) is 24.2 Å². The minimum Gasteiger partial charge on any atom is -0.497 e. The van der Waals surface area contributed by atoms with Crippen molar-refractivity contribution in [2.24, 2.45) is 0 Å². The maximum Gasteiger partial charge on any atom is 0.255 e. The minimum atomic E-state index is -0.294. The number of fused-ring (bicyclic) bond motifs is 1. The van der Waals surface area contributed by atoms with E-state index in [0.717, 1.165) is 25.2 Å². The number of rotatable bonds is 8. The fourth-order valence-electron chi connectivity index (χ4n) is 3.48. The summed E-state index contributed by atoms with van der Waals surface area (Å²) < 4.78 is 11.5. The van der Waals surface area contributed by atoms with E-state index in [1.807, 2.05) is 30.3 Å². The van der Waals surface area contributed by atoms with Crippen LogP contribution in [0.15, 0.2) is 51.7 Å². The van der Waals surface area contributed by atoms with E-state index in [2.05, 4.69) is 24.1 Å². The van der Waals surface area contributed by atoms with Crippen molar-refractivity contribution in [2.75, 3.05) is 33.3 Å². The lowest BCUT2D eigenvalue weighted by Gasteiger charge is -2.18. The average Bonchev–Trinajstić information content (AvgIpc) is 2.78. The van der Waals surface area contributed by atoms with E-state index in [1.54, 1.807) is 19.1 Å². The van der Waals surface area contributed by atoms with Gasteiger partial charge in [-0.05, 0) is 32.1 Å². The van der Waals surface area contributed by atoms with Gasteiger partial charge in [-0.25, -0.2) is 0 Å². The molecule has 1 amide bonds. The van der Waals surface area contributed by atoms with Gasteiger partial charge >= 0.3 is 0 Å². The summed E-state index contributed by atoms with van der Waals surface area (Å²) in [5.74, 6) is 0.614. The van der Waals surface area contributed by atoms with Gasteiger partial charge in [0.2, 0.25) is 0 Å². The Labute approximate surface area is 176 Å². The van der Waals surface area contributed by atoms with Gasteiger partial charge in [-0.2, -0.15) is 0 Å². The number of amides is 1. The molecule has 0 aliphatic carbocycles. The second-order valence-corrected chi connectivity index (χ2v) is 7.09. The van der Waals surface area contributed by atoms with Crippen molar-refractivity contribution in [1.82, 2.24) is 10.2 Å². The standard InChI is InChI=1S/C24H28N2O4/c1-5-26(6-2)13-12-25-24(28)20-15-18(29-4)14-19-21(27)16(3)22(30-23(19)20)17-10-8-7-9-11-17/h7-11,14-15H,5-6,12-13H2,1-4H3,(H,25,28). The third kappa shape index (κ3) is 4.39. The molecule has 1 heterocycles. The van der Waals surface area contributed by atoms with Crippen molar-refractivity contribution in [1.29, 1.82) is 0 Å². The molecule has 158 valence electrons. The van der Waals surface area contributed by atoms with Gasteiger partial charge in [-0.1, -0.05) is 44.2 Å². The molecule has 2 aromatic carbocycles. The summed E-state index contributed by atoms with van der Waals surface area (Å²) >= 11 is 0. The predicted molar refractivity (Wildman–Crippen MR) is 119 cm³/mol. The molecular formula is C24H28N2O4. The number of carbonyl (C=O) groups excluding carboxylic acids is 1. The zero-order chi connectivity index (χ0) is 21.7. The molecule has 0 bridgehead atoms. The topological polar surface area (TPSA) is 71.8 Å². The first kappa shape index (κ1) is 21.6. The largest absolute Gasteiger partial charge is 0.497 e. The smallest absolute Gasteiger partial charge is 0.255 e. The monoisotopic (exact) mass is 408 g/mol. The molecule has 0 aliphatic heterocycles. The van der Waals surface area contributed by atoms with Gasteiger partial charge in [-0.3, -0.25) is 9.59 Å². The first-order valence-electron chi connectivity index (χ1n) is 10.2. The highest BCUT2D eigenvalue weighted by Crippen LogP contribution is 2.30. The lowest BCUT2D eigenvalue weighted by atomic mass is 10.0. The average molecular weight is 408 g/mol. The number of ether oxygens (including phenoxy) is 1. The van der Waals surface area contributed by atoms with Gasteiger partial charge in [-0.15, -0.1) is 0 Å². The van der Waals surface area contributed by atoms with Crippen LogP contribution in [0.5, 0.6) is 5.75 Å². The van der Waals surface area contributed by atoms with E-state index in [0.29, 0.717) is 29.0 Å². The Morgan fingerprint density at radius 1 is 1.13 bits per heavy atom. The van der Waals surface area contributed by atoms with Crippen LogP contribution in [0.2, 0.25) is 0 Å². The molecule has 30 heavy (non-hydrogen) atoms. The molecule has 1 aromatic heterocycles. The predicted octanol–water partition coefficient (Wildman–Crippen LogP) is 3.85. The van der Waals surface area contributed by atoms with Crippen molar-refractivity contribution < 1.29 is 13.9 Å². The molecule has 0 fully saturated rings. The Morgan fingerprint density at radius 2 is 1.83 bits per heavy atom. The Balaban J connectivity index is 2.07. The fraction of sp³-hybridized carbons (Fsp3) is 0.333. The van der Waals surface area contributed by atoms with E-state index in [1.165, 1.54) is 7.11 Å². The van der Waals surface area contributed by atoms with Crippen LogP contribution >= 0.6 is 0 Å². The summed E-state index contributed by atoms with van der Waals surface area (Å²) in [6.45, 7) is 8.99. The van der Waals surface area contributed by atoms with Crippen LogP contribution in [0.1, 0.15) is 29.8 Å². The molecule has 0 spiro atoms. The second kappa shape index (κ2) is 9.59. The number of benzene rings is 2. The van der Waals surface area contributed by atoms with Crippen LogP contribution < -0.4 is 15.5 Å². The number of hydrogen-bond donors (Lipinski definition) is 1. The Bertz CT molecular complexity index is 1090. The zero-order valence-electron chi connectivity index (χ0n) is 18.0.